The first-order valence-electron chi connectivity index (χ1n) is 21.3. The Kier molecular flexibility index (Phi) is 34.8. The fourth-order valence-electron chi connectivity index (χ4n) is 6.57. The molecule has 0 N–H and O–H groups in total. The van der Waals surface area contributed by atoms with Crippen LogP contribution < -0.4 is 0 Å². The maximum atomic E-state index is 13.1. The van der Waals surface area contributed by atoms with Gasteiger partial charge >= 0.3 is 11.9 Å². The number of nitrogens with zero attached hydrogens (tertiary/aromatic N) is 2. The van der Waals surface area contributed by atoms with Crippen LogP contribution in [-0.2, 0) is 19.1 Å². The highest BCUT2D eigenvalue weighted by Gasteiger charge is 2.24. The van der Waals surface area contributed by atoms with Crippen molar-refractivity contribution in [3.8, 4) is 0 Å². The summed E-state index contributed by atoms with van der Waals surface area (Å²) in [6.45, 7) is 18.8. The summed E-state index contributed by atoms with van der Waals surface area (Å²) in [5.74, 6) is -0.0754. The second-order valence-electron chi connectivity index (χ2n) is 14.5. The molecule has 0 aromatic heterocycles. The van der Waals surface area contributed by atoms with Gasteiger partial charge in [-0.2, -0.15) is 0 Å². The van der Waals surface area contributed by atoms with Crippen LogP contribution in [0.2, 0.25) is 0 Å². The molecule has 286 valence electrons. The Morgan fingerprint density at radius 1 is 0.417 bits per heavy atom. The molecule has 0 aliphatic carbocycles. The molecular formula is C42H84N2O4. The van der Waals surface area contributed by atoms with E-state index in [9.17, 15) is 9.59 Å². The van der Waals surface area contributed by atoms with E-state index in [0.717, 1.165) is 90.6 Å². The first-order chi connectivity index (χ1) is 23.4. The summed E-state index contributed by atoms with van der Waals surface area (Å²) >= 11 is 0. The van der Waals surface area contributed by atoms with Crippen LogP contribution in [0.4, 0.5) is 0 Å². The average Bonchev–Trinajstić information content (AvgIpc) is 3.07. The van der Waals surface area contributed by atoms with Gasteiger partial charge in [0.1, 0.15) is 12.2 Å². The Balaban J connectivity index is 5.67. The van der Waals surface area contributed by atoms with Crippen molar-refractivity contribution < 1.29 is 19.1 Å². The molecule has 0 aliphatic heterocycles. The first-order valence-corrected chi connectivity index (χ1v) is 21.3. The third kappa shape index (κ3) is 29.7. The number of carbonyl (C=O) groups excluding carboxylic acids is 2. The van der Waals surface area contributed by atoms with Gasteiger partial charge in [-0.05, 0) is 51.6 Å². The Morgan fingerprint density at radius 3 is 1.08 bits per heavy atom. The molecule has 0 aromatic rings. The van der Waals surface area contributed by atoms with Gasteiger partial charge in [-0.15, -0.1) is 0 Å². The lowest BCUT2D eigenvalue weighted by molar-refractivity contribution is -0.152. The summed E-state index contributed by atoms with van der Waals surface area (Å²) in [6.07, 6.45) is 28.7. The minimum atomic E-state index is -0.111. The number of carbonyl (C=O) groups is 2. The monoisotopic (exact) mass is 681 g/mol. The van der Waals surface area contributed by atoms with Crippen molar-refractivity contribution in [1.82, 2.24) is 9.80 Å². The second-order valence-corrected chi connectivity index (χ2v) is 14.5. The predicted molar refractivity (Wildman–Crippen MR) is 207 cm³/mol. The maximum absolute atomic E-state index is 13.1. The predicted octanol–water partition coefficient (Wildman–Crippen LogP) is 11.7. The molecule has 0 heterocycles. The summed E-state index contributed by atoms with van der Waals surface area (Å²) in [4.78, 5) is 31.1. The zero-order chi connectivity index (χ0) is 35.5. The highest BCUT2D eigenvalue weighted by Crippen LogP contribution is 2.18. The Morgan fingerprint density at radius 2 is 0.729 bits per heavy atom. The van der Waals surface area contributed by atoms with Crippen molar-refractivity contribution in [2.45, 2.75) is 221 Å². The van der Waals surface area contributed by atoms with Gasteiger partial charge in [0, 0.05) is 39.0 Å². The normalized spacial score (nSPS) is 12.9. The van der Waals surface area contributed by atoms with Crippen molar-refractivity contribution >= 4 is 11.9 Å². The second kappa shape index (κ2) is 35.7. The molecular weight excluding hydrogens is 596 g/mol. The van der Waals surface area contributed by atoms with Gasteiger partial charge in [-0.1, -0.05) is 157 Å². The fourth-order valence-corrected chi connectivity index (χ4v) is 6.57. The molecule has 0 aliphatic rings. The topological polar surface area (TPSA) is 59.1 Å². The van der Waals surface area contributed by atoms with Gasteiger partial charge in [-0.25, -0.2) is 0 Å². The van der Waals surface area contributed by atoms with Crippen molar-refractivity contribution in [2.24, 2.45) is 0 Å². The lowest BCUT2D eigenvalue weighted by atomic mass is 10.0. The highest BCUT2D eigenvalue weighted by molar-refractivity contribution is 5.69. The highest BCUT2D eigenvalue weighted by atomic mass is 16.5. The van der Waals surface area contributed by atoms with E-state index in [2.05, 4.69) is 51.3 Å². The Bertz CT molecular complexity index is 649. The Labute approximate surface area is 300 Å². The molecule has 2 atom stereocenters. The third-order valence-corrected chi connectivity index (χ3v) is 9.87. The van der Waals surface area contributed by atoms with E-state index in [0.29, 0.717) is 12.8 Å². The summed E-state index contributed by atoms with van der Waals surface area (Å²) < 4.78 is 12.5. The first kappa shape index (κ1) is 46.9. The minimum Gasteiger partial charge on any atom is -0.461 e. The van der Waals surface area contributed by atoms with Gasteiger partial charge in [0.25, 0.3) is 0 Å². The molecule has 0 rings (SSSR count). The van der Waals surface area contributed by atoms with E-state index in [4.69, 9.17) is 9.47 Å². The summed E-state index contributed by atoms with van der Waals surface area (Å²) in [6, 6.07) is 0. The van der Waals surface area contributed by atoms with Gasteiger partial charge < -0.3 is 14.4 Å². The van der Waals surface area contributed by atoms with E-state index in [-0.39, 0.29) is 24.1 Å². The lowest BCUT2D eigenvalue weighted by Gasteiger charge is -2.32. The van der Waals surface area contributed by atoms with E-state index >= 15 is 0 Å². The molecule has 0 radical (unpaired) electrons. The molecule has 0 fully saturated rings. The third-order valence-electron chi connectivity index (χ3n) is 9.87. The van der Waals surface area contributed by atoms with E-state index in [1.807, 2.05) is 0 Å². The zero-order valence-electron chi connectivity index (χ0n) is 33.3. The van der Waals surface area contributed by atoms with Crippen LogP contribution in [-0.4, -0.2) is 73.2 Å². The van der Waals surface area contributed by atoms with Crippen LogP contribution in [0.5, 0.6) is 0 Å². The number of esters is 2. The molecule has 0 amide bonds. The number of unbranched alkanes of at least 4 members (excludes halogenated alkanes) is 18. The molecule has 0 aromatic carbocycles. The lowest BCUT2D eigenvalue weighted by Crippen LogP contribution is -2.44. The smallest absolute Gasteiger partial charge is 0.306 e. The summed E-state index contributed by atoms with van der Waals surface area (Å²) in [5, 5.41) is 0. The van der Waals surface area contributed by atoms with Gasteiger partial charge in [0.2, 0.25) is 0 Å². The van der Waals surface area contributed by atoms with Crippen molar-refractivity contribution in [2.75, 3.05) is 39.3 Å². The molecule has 6 nitrogen and oxygen atoms in total. The molecule has 0 saturated carbocycles. The average molecular weight is 681 g/mol. The number of rotatable bonds is 37. The van der Waals surface area contributed by atoms with Crippen molar-refractivity contribution in [1.29, 1.82) is 0 Å². The van der Waals surface area contributed by atoms with Gasteiger partial charge in [0.05, 0.1) is 0 Å². The van der Waals surface area contributed by atoms with Crippen molar-refractivity contribution in [3.05, 3.63) is 0 Å². The van der Waals surface area contributed by atoms with Crippen LogP contribution in [0.1, 0.15) is 208 Å². The molecule has 0 bridgehead atoms. The van der Waals surface area contributed by atoms with Crippen LogP contribution in [0.25, 0.3) is 0 Å². The fraction of sp³-hybridized carbons (Fsp3) is 0.952. The Hall–Kier alpha value is -1.14. The molecule has 0 spiro atoms. The van der Waals surface area contributed by atoms with Gasteiger partial charge in [0.15, 0.2) is 0 Å². The van der Waals surface area contributed by atoms with E-state index in [1.54, 1.807) is 0 Å². The molecule has 0 saturated heterocycles. The minimum absolute atomic E-state index is 0.0377. The number of likely N-dealkylation sites (N-methyl/N-ethyl adjacent to an activating group) is 1. The quantitative estimate of drug-likeness (QED) is 0.0481. The number of ether oxygens (including phenoxy) is 2. The number of hydrogen-bond acceptors (Lipinski definition) is 6. The van der Waals surface area contributed by atoms with Gasteiger partial charge in [-0.3, -0.25) is 14.5 Å². The van der Waals surface area contributed by atoms with E-state index < -0.39 is 0 Å². The van der Waals surface area contributed by atoms with Crippen molar-refractivity contribution in [3.63, 3.8) is 0 Å². The standard InChI is InChI=1S/C42H84N2O4/c1-7-13-17-21-25-27-31-39(47-41(45)33-29-23-19-15-9-3)37-44(36-35-43(11-5)12-6)38-40(32-28-26-22-18-14-8-2)48-42(46)34-30-24-20-16-10-4/h39-40H,7-38H2,1-6H3. The SMILES string of the molecule is CCCCCCCCC(CN(CCN(CC)CC)CC(CCCCCCCC)OC(=O)CCCCCCC)OC(=O)CCCCCCC. The molecule has 48 heavy (non-hydrogen) atoms. The summed E-state index contributed by atoms with van der Waals surface area (Å²) in [7, 11) is 0. The van der Waals surface area contributed by atoms with Crippen LogP contribution >= 0.6 is 0 Å². The molecule has 2 unspecified atom stereocenters. The zero-order valence-corrected chi connectivity index (χ0v) is 33.3. The molecule has 6 heteroatoms. The van der Waals surface area contributed by atoms with Crippen LogP contribution in [0.3, 0.4) is 0 Å². The van der Waals surface area contributed by atoms with Crippen LogP contribution in [0.15, 0.2) is 0 Å². The van der Waals surface area contributed by atoms with Crippen LogP contribution in [0, 0.1) is 0 Å². The largest absolute Gasteiger partial charge is 0.461 e. The maximum Gasteiger partial charge on any atom is 0.306 e. The number of hydrogen-bond donors (Lipinski definition) is 0. The van der Waals surface area contributed by atoms with E-state index in [1.165, 1.54) is 103 Å². The summed E-state index contributed by atoms with van der Waals surface area (Å²) in [5.41, 5.74) is 0.